The van der Waals surface area contributed by atoms with Gasteiger partial charge in [-0.25, -0.2) is 0 Å². The lowest BCUT2D eigenvalue weighted by Crippen LogP contribution is -2.04. The summed E-state index contributed by atoms with van der Waals surface area (Å²) < 4.78 is 0.812. The number of nitro benzene ring substituents is 1. The average molecular weight is 335 g/mol. The van der Waals surface area contributed by atoms with Gasteiger partial charge in [0.05, 0.1) is 4.92 Å². The Kier molecular flexibility index (Phi) is 4.39. The first-order valence-electron chi connectivity index (χ1n) is 6.21. The number of hydrogen-bond acceptors (Lipinski definition) is 3. The molecule has 0 fully saturated rings. The second-order valence-corrected chi connectivity index (χ2v) is 5.62. The first-order chi connectivity index (χ1) is 9.47. The van der Waals surface area contributed by atoms with Crippen LogP contribution in [0.5, 0.6) is 0 Å². The van der Waals surface area contributed by atoms with Crippen molar-refractivity contribution < 1.29 is 4.92 Å². The largest absolute Gasteiger partial charge is 0.375 e. The van der Waals surface area contributed by atoms with Gasteiger partial charge in [-0.05, 0) is 37.1 Å². The summed E-state index contributed by atoms with van der Waals surface area (Å²) in [7, 11) is 0. The Hall–Kier alpha value is -1.88. The molecule has 2 aromatic carbocycles. The Bertz CT molecular complexity index is 656. The fourth-order valence-corrected chi connectivity index (χ4v) is 2.35. The van der Waals surface area contributed by atoms with E-state index in [0.717, 1.165) is 10.0 Å². The van der Waals surface area contributed by atoms with Gasteiger partial charge in [-0.2, -0.15) is 0 Å². The van der Waals surface area contributed by atoms with Crippen molar-refractivity contribution in [2.75, 3.05) is 5.32 Å². The molecule has 0 heterocycles. The molecule has 0 saturated carbocycles. The molecule has 20 heavy (non-hydrogen) atoms. The highest BCUT2D eigenvalue weighted by Gasteiger charge is 2.13. The van der Waals surface area contributed by atoms with E-state index in [1.54, 1.807) is 12.1 Å². The van der Waals surface area contributed by atoms with Crippen LogP contribution in [0.3, 0.4) is 0 Å². The Morgan fingerprint density at radius 1 is 1.20 bits per heavy atom. The first kappa shape index (κ1) is 14.5. The van der Waals surface area contributed by atoms with Gasteiger partial charge in [0.1, 0.15) is 5.69 Å². The predicted octanol–water partition coefficient (Wildman–Crippen LogP) is 4.59. The molecule has 2 aromatic rings. The van der Waals surface area contributed by atoms with E-state index in [4.69, 9.17) is 0 Å². The van der Waals surface area contributed by atoms with Crippen molar-refractivity contribution in [1.29, 1.82) is 0 Å². The molecule has 0 amide bonds. The number of rotatable bonds is 4. The van der Waals surface area contributed by atoms with Gasteiger partial charge in [0, 0.05) is 17.1 Å². The first-order valence-corrected chi connectivity index (χ1v) is 7.00. The Balaban J connectivity index is 2.24. The second-order valence-electron chi connectivity index (χ2n) is 4.70. The summed E-state index contributed by atoms with van der Waals surface area (Å²) in [6.07, 6.45) is 0. The average Bonchev–Trinajstić information content (AvgIpc) is 2.39. The third-order valence-electron chi connectivity index (χ3n) is 3.13. The van der Waals surface area contributed by atoms with E-state index < -0.39 is 0 Å². The van der Waals surface area contributed by atoms with Crippen LogP contribution < -0.4 is 5.32 Å². The van der Waals surface area contributed by atoms with E-state index in [9.17, 15) is 10.1 Å². The van der Waals surface area contributed by atoms with Gasteiger partial charge in [-0.15, -0.1) is 0 Å². The van der Waals surface area contributed by atoms with E-state index in [-0.39, 0.29) is 10.6 Å². The number of halogens is 1. The van der Waals surface area contributed by atoms with Gasteiger partial charge < -0.3 is 5.32 Å². The number of benzene rings is 2. The van der Waals surface area contributed by atoms with Gasteiger partial charge in [-0.3, -0.25) is 10.1 Å². The Morgan fingerprint density at radius 2 is 1.95 bits per heavy atom. The zero-order valence-electron chi connectivity index (χ0n) is 11.3. The molecule has 104 valence electrons. The van der Waals surface area contributed by atoms with Gasteiger partial charge in [-0.1, -0.05) is 39.7 Å². The van der Waals surface area contributed by atoms with E-state index in [1.165, 1.54) is 17.2 Å². The molecule has 0 unspecified atom stereocenters. The van der Waals surface area contributed by atoms with Crippen LogP contribution in [0.4, 0.5) is 11.4 Å². The van der Waals surface area contributed by atoms with Crippen LogP contribution in [0.1, 0.15) is 16.7 Å². The smallest absolute Gasteiger partial charge is 0.292 e. The number of nitrogens with one attached hydrogen (secondary N) is 1. The van der Waals surface area contributed by atoms with Crippen LogP contribution in [-0.4, -0.2) is 4.92 Å². The molecule has 4 nitrogen and oxygen atoms in total. The van der Waals surface area contributed by atoms with E-state index in [0.29, 0.717) is 12.2 Å². The molecule has 5 heteroatoms. The lowest BCUT2D eigenvalue weighted by atomic mass is 10.1. The van der Waals surface area contributed by atoms with Crippen LogP contribution in [0.2, 0.25) is 0 Å². The molecule has 0 saturated heterocycles. The van der Waals surface area contributed by atoms with Gasteiger partial charge in [0.2, 0.25) is 0 Å². The minimum atomic E-state index is -0.377. The molecule has 0 atom stereocenters. The van der Waals surface area contributed by atoms with Crippen LogP contribution in [-0.2, 0) is 6.54 Å². The summed E-state index contributed by atoms with van der Waals surface area (Å²) in [6, 6.07) is 11.1. The van der Waals surface area contributed by atoms with E-state index in [2.05, 4.69) is 39.4 Å². The van der Waals surface area contributed by atoms with Crippen LogP contribution in [0.15, 0.2) is 40.9 Å². The lowest BCUT2D eigenvalue weighted by Gasteiger charge is -2.10. The number of aryl methyl sites for hydroxylation is 2. The third kappa shape index (κ3) is 3.36. The van der Waals surface area contributed by atoms with Crippen molar-refractivity contribution in [3.63, 3.8) is 0 Å². The summed E-state index contributed by atoms with van der Waals surface area (Å²) >= 11 is 3.34. The maximum absolute atomic E-state index is 11.0. The standard InChI is InChI=1S/C15H15BrN2O2/c1-10-3-4-11(2)12(7-10)9-17-14-8-13(16)5-6-15(14)18(19)20/h3-8,17H,9H2,1-2H3. The highest BCUT2D eigenvalue weighted by molar-refractivity contribution is 9.10. The van der Waals surface area contributed by atoms with Crippen LogP contribution in [0.25, 0.3) is 0 Å². The van der Waals surface area contributed by atoms with E-state index in [1.807, 2.05) is 13.8 Å². The van der Waals surface area contributed by atoms with Crippen molar-refractivity contribution in [3.8, 4) is 0 Å². The van der Waals surface area contributed by atoms with Crippen molar-refractivity contribution in [2.45, 2.75) is 20.4 Å². The number of hydrogen-bond donors (Lipinski definition) is 1. The lowest BCUT2D eigenvalue weighted by molar-refractivity contribution is -0.384. The number of nitrogens with zero attached hydrogens (tertiary/aromatic N) is 1. The fraction of sp³-hybridized carbons (Fsp3) is 0.200. The molecular weight excluding hydrogens is 320 g/mol. The summed E-state index contributed by atoms with van der Waals surface area (Å²) in [6.45, 7) is 4.63. The Morgan fingerprint density at radius 3 is 2.65 bits per heavy atom. The molecule has 1 N–H and O–H groups in total. The third-order valence-corrected chi connectivity index (χ3v) is 3.62. The highest BCUT2D eigenvalue weighted by atomic mass is 79.9. The summed E-state index contributed by atoms with van der Waals surface area (Å²) in [4.78, 5) is 10.6. The van der Waals surface area contributed by atoms with Crippen LogP contribution >= 0.6 is 15.9 Å². The fourth-order valence-electron chi connectivity index (χ4n) is 1.99. The summed E-state index contributed by atoms with van der Waals surface area (Å²) in [5.74, 6) is 0. The number of nitro groups is 1. The quantitative estimate of drug-likeness (QED) is 0.657. The SMILES string of the molecule is Cc1ccc(C)c(CNc2cc(Br)ccc2[N+](=O)[O-])c1. The zero-order valence-corrected chi connectivity index (χ0v) is 12.9. The van der Waals surface area contributed by atoms with Crippen molar-refractivity contribution in [1.82, 2.24) is 0 Å². The molecule has 0 aromatic heterocycles. The number of anilines is 1. The highest BCUT2D eigenvalue weighted by Crippen LogP contribution is 2.28. The molecular formula is C15H15BrN2O2. The topological polar surface area (TPSA) is 55.2 Å². The predicted molar refractivity (Wildman–Crippen MR) is 84.0 cm³/mol. The summed E-state index contributed by atoms with van der Waals surface area (Å²) in [5, 5.41) is 14.2. The van der Waals surface area contributed by atoms with Gasteiger partial charge in [0.15, 0.2) is 0 Å². The monoisotopic (exact) mass is 334 g/mol. The molecule has 0 aliphatic carbocycles. The zero-order chi connectivity index (χ0) is 14.7. The van der Waals surface area contributed by atoms with E-state index >= 15 is 0 Å². The van der Waals surface area contributed by atoms with Crippen molar-refractivity contribution in [2.24, 2.45) is 0 Å². The van der Waals surface area contributed by atoms with Gasteiger partial charge in [0.25, 0.3) is 5.69 Å². The Labute approximate surface area is 126 Å². The molecule has 2 rings (SSSR count). The maximum atomic E-state index is 11.0. The molecule has 0 aliphatic heterocycles. The molecule has 0 aliphatic rings. The maximum Gasteiger partial charge on any atom is 0.292 e. The molecule has 0 radical (unpaired) electrons. The van der Waals surface area contributed by atoms with Crippen molar-refractivity contribution in [3.05, 3.63) is 67.7 Å². The molecule has 0 spiro atoms. The van der Waals surface area contributed by atoms with Crippen molar-refractivity contribution >= 4 is 27.3 Å². The molecule has 0 bridgehead atoms. The van der Waals surface area contributed by atoms with Crippen LogP contribution in [0, 0.1) is 24.0 Å². The summed E-state index contributed by atoms with van der Waals surface area (Å²) in [5.41, 5.74) is 4.08. The second kappa shape index (κ2) is 6.05. The van der Waals surface area contributed by atoms with Gasteiger partial charge >= 0.3 is 0 Å². The minimum Gasteiger partial charge on any atom is -0.375 e. The normalized spacial score (nSPS) is 10.3. The minimum absolute atomic E-state index is 0.0820.